The van der Waals surface area contributed by atoms with Crippen molar-refractivity contribution in [2.75, 3.05) is 25.0 Å². The summed E-state index contributed by atoms with van der Waals surface area (Å²) in [6.07, 6.45) is 2.06. The molecule has 0 spiro atoms. The minimum atomic E-state index is -0.278. The fourth-order valence-electron chi connectivity index (χ4n) is 2.08. The van der Waals surface area contributed by atoms with E-state index in [4.69, 9.17) is 4.74 Å². The van der Waals surface area contributed by atoms with Gasteiger partial charge in [-0.3, -0.25) is 14.5 Å². The molecule has 1 fully saturated rings. The quantitative estimate of drug-likeness (QED) is 0.764. The standard InChI is InChI=1S/C15H19BrN2O3/c1-2-21-15(20)10-18(13-6-7-13)9-14(19)17-12-5-3-4-11(16)8-12/h3-5,8,13H,2,6-7,9-10H2,1H3,(H,17,19). The summed E-state index contributed by atoms with van der Waals surface area (Å²) >= 11 is 3.36. The number of anilines is 1. The highest BCUT2D eigenvalue weighted by Crippen LogP contribution is 2.26. The van der Waals surface area contributed by atoms with Crippen molar-refractivity contribution in [1.29, 1.82) is 0 Å². The summed E-state index contributed by atoms with van der Waals surface area (Å²) in [5, 5.41) is 2.84. The summed E-state index contributed by atoms with van der Waals surface area (Å²) in [7, 11) is 0. The number of amides is 1. The second-order valence-corrected chi connectivity index (χ2v) is 5.92. The molecule has 114 valence electrons. The van der Waals surface area contributed by atoms with Crippen molar-refractivity contribution < 1.29 is 14.3 Å². The third-order valence-corrected chi connectivity index (χ3v) is 3.65. The number of halogens is 1. The number of carbonyl (C=O) groups is 2. The Hall–Kier alpha value is -1.40. The molecule has 2 rings (SSSR count). The molecular formula is C15H19BrN2O3. The molecule has 0 heterocycles. The first-order chi connectivity index (χ1) is 10.1. The maximum atomic E-state index is 12.1. The van der Waals surface area contributed by atoms with Crippen LogP contribution in [0.25, 0.3) is 0 Å². The van der Waals surface area contributed by atoms with E-state index in [0.717, 1.165) is 23.0 Å². The van der Waals surface area contributed by atoms with Gasteiger partial charge in [-0.1, -0.05) is 22.0 Å². The van der Waals surface area contributed by atoms with Crippen molar-refractivity contribution in [2.45, 2.75) is 25.8 Å². The highest BCUT2D eigenvalue weighted by Gasteiger charge is 2.31. The number of hydrogen-bond donors (Lipinski definition) is 1. The molecule has 1 aliphatic rings. The van der Waals surface area contributed by atoms with E-state index < -0.39 is 0 Å². The van der Waals surface area contributed by atoms with E-state index in [9.17, 15) is 9.59 Å². The van der Waals surface area contributed by atoms with Gasteiger partial charge in [-0.05, 0) is 38.0 Å². The first kappa shape index (κ1) is 16.0. The van der Waals surface area contributed by atoms with Crippen LogP contribution in [-0.2, 0) is 14.3 Å². The van der Waals surface area contributed by atoms with Crippen molar-refractivity contribution >= 4 is 33.5 Å². The highest BCUT2D eigenvalue weighted by molar-refractivity contribution is 9.10. The Morgan fingerprint density at radius 2 is 2.14 bits per heavy atom. The van der Waals surface area contributed by atoms with Gasteiger partial charge in [0.1, 0.15) is 0 Å². The molecule has 5 nitrogen and oxygen atoms in total. The molecule has 6 heteroatoms. The van der Waals surface area contributed by atoms with E-state index in [1.807, 2.05) is 29.2 Å². The van der Waals surface area contributed by atoms with Gasteiger partial charge in [0.25, 0.3) is 0 Å². The molecule has 0 unspecified atom stereocenters. The summed E-state index contributed by atoms with van der Waals surface area (Å²) < 4.78 is 5.86. The lowest BCUT2D eigenvalue weighted by Crippen LogP contribution is -2.39. The fourth-order valence-corrected chi connectivity index (χ4v) is 2.48. The van der Waals surface area contributed by atoms with E-state index in [-0.39, 0.29) is 25.0 Å². The smallest absolute Gasteiger partial charge is 0.320 e. The van der Waals surface area contributed by atoms with Crippen LogP contribution in [0.2, 0.25) is 0 Å². The minimum absolute atomic E-state index is 0.121. The highest BCUT2D eigenvalue weighted by atomic mass is 79.9. The summed E-state index contributed by atoms with van der Waals surface area (Å²) in [4.78, 5) is 25.5. The monoisotopic (exact) mass is 354 g/mol. The maximum absolute atomic E-state index is 12.1. The van der Waals surface area contributed by atoms with Gasteiger partial charge in [-0.25, -0.2) is 0 Å². The molecule has 1 saturated carbocycles. The third-order valence-electron chi connectivity index (χ3n) is 3.16. The van der Waals surface area contributed by atoms with Crippen LogP contribution in [0.4, 0.5) is 5.69 Å². The predicted molar refractivity (Wildman–Crippen MR) is 84.0 cm³/mol. The van der Waals surface area contributed by atoms with E-state index in [1.54, 1.807) is 6.92 Å². The number of rotatable bonds is 7. The Labute approximate surface area is 132 Å². The van der Waals surface area contributed by atoms with Crippen LogP contribution in [0.3, 0.4) is 0 Å². The number of esters is 1. The zero-order chi connectivity index (χ0) is 15.2. The molecule has 1 aromatic carbocycles. The number of nitrogens with one attached hydrogen (secondary N) is 1. The first-order valence-electron chi connectivity index (χ1n) is 7.03. The zero-order valence-electron chi connectivity index (χ0n) is 12.0. The van der Waals surface area contributed by atoms with Crippen molar-refractivity contribution in [2.24, 2.45) is 0 Å². The van der Waals surface area contributed by atoms with Crippen LogP contribution in [0.5, 0.6) is 0 Å². The number of nitrogens with zero attached hydrogens (tertiary/aromatic N) is 1. The van der Waals surface area contributed by atoms with Gasteiger partial charge in [0, 0.05) is 16.2 Å². The van der Waals surface area contributed by atoms with Crippen molar-refractivity contribution in [3.05, 3.63) is 28.7 Å². The summed E-state index contributed by atoms with van der Waals surface area (Å²) in [5.41, 5.74) is 0.737. The molecule has 0 aliphatic heterocycles. The minimum Gasteiger partial charge on any atom is -0.465 e. The Morgan fingerprint density at radius 3 is 2.76 bits per heavy atom. The van der Waals surface area contributed by atoms with E-state index >= 15 is 0 Å². The Bertz CT molecular complexity index is 517. The van der Waals surface area contributed by atoms with Crippen LogP contribution < -0.4 is 5.32 Å². The molecule has 1 amide bonds. The second-order valence-electron chi connectivity index (χ2n) is 5.00. The SMILES string of the molecule is CCOC(=O)CN(CC(=O)Nc1cccc(Br)c1)C1CC1. The second kappa shape index (κ2) is 7.56. The average molecular weight is 355 g/mol. The van der Waals surface area contributed by atoms with Crippen LogP contribution in [0.1, 0.15) is 19.8 Å². The van der Waals surface area contributed by atoms with Gasteiger partial charge < -0.3 is 10.1 Å². The van der Waals surface area contributed by atoms with E-state index in [2.05, 4.69) is 21.2 Å². The largest absolute Gasteiger partial charge is 0.465 e. The molecule has 0 radical (unpaired) electrons. The molecule has 1 aromatic rings. The Kier molecular flexibility index (Phi) is 5.76. The molecular weight excluding hydrogens is 336 g/mol. The van der Waals surface area contributed by atoms with E-state index in [0.29, 0.717) is 12.6 Å². The van der Waals surface area contributed by atoms with Crippen LogP contribution in [0.15, 0.2) is 28.7 Å². The van der Waals surface area contributed by atoms with Gasteiger partial charge in [0.15, 0.2) is 0 Å². The number of hydrogen-bond acceptors (Lipinski definition) is 4. The zero-order valence-corrected chi connectivity index (χ0v) is 13.6. The molecule has 0 saturated heterocycles. The van der Waals surface area contributed by atoms with Gasteiger partial charge >= 0.3 is 5.97 Å². The predicted octanol–water partition coefficient (Wildman–Crippen LogP) is 2.42. The molecule has 0 atom stereocenters. The molecule has 0 bridgehead atoms. The van der Waals surface area contributed by atoms with Gasteiger partial charge in [-0.2, -0.15) is 0 Å². The Balaban J connectivity index is 1.88. The lowest BCUT2D eigenvalue weighted by Gasteiger charge is -2.20. The van der Waals surface area contributed by atoms with Crippen molar-refractivity contribution in [3.8, 4) is 0 Å². The van der Waals surface area contributed by atoms with Crippen LogP contribution in [-0.4, -0.2) is 42.5 Å². The van der Waals surface area contributed by atoms with Crippen LogP contribution in [0, 0.1) is 0 Å². The summed E-state index contributed by atoms with van der Waals surface area (Å²) in [5.74, 6) is -0.399. The van der Waals surface area contributed by atoms with Gasteiger partial charge in [-0.15, -0.1) is 0 Å². The summed E-state index contributed by atoms with van der Waals surface area (Å²) in [6, 6.07) is 7.74. The molecule has 0 aromatic heterocycles. The molecule has 1 aliphatic carbocycles. The lowest BCUT2D eigenvalue weighted by atomic mass is 10.3. The molecule has 21 heavy (non-hydrogen) atoms. The van der Waals surface area contributed by atoms with Gasteiger partial charge in [0.2, 0.25) is 5.91 Å². The van der Waals surface area contributed by atoms with E-state index in [1.165, 1.54) is 0 Å². The molecule has 1 N–H and O–H groups in total. The number of carbonyl (C=O) groups excluding carboxylic acids is 2. The maximum Gasteiger partial charge on any atom is 0.320 e. The fraction of sp³-hybridized carbons (Fsp3) is 0.467. The normalized spacial score (nSPS) is 14.0. The van der Waals surface area contributed by atoms with Gasteiger partial charge in [0.05, 0.1) is 19.7 Å². The lowest BCUT2D eigenvalue weighted by molar-refractivity contribution is -0.144. The first-order valence-corrected chi connectivity index (χ1v) is 7.83. The number of ether oxygens (including phenoxy) is 1. The van der Waals surface area contributed by atoms with Crippen molar-refractivity contribution in [1.82, 2.24) is 4.90 Å². The third kappa shape index (κ3) is 5.47. The average Bonchev–Trinajstić information content (AvgIpc) is 3.22. The summed E-state index contributed by atoms with van der Waals surface area (Å²) in [6.45, 7) is 2.52. The van der Waals surface area contributed by atoms with Crippen LogP contribution >= 0.6 is 15.9 Å². The Morgan fingerprint density at radius 1 is 1.38 bits per heavy atom. The van der Waals surface area contributed by atoms with Crippen molar-refractivity contribution in [3.63, 3.8) is 0 Å². The topological polar surface area (TPSA) is 58.6 Å². The number of benzene rings is 1.